The van der Waals surface area contributed by atoms with Crippen LogP contribution in [0, 0.1) is 10.1 Å². The first-order valence-electron chi connectivity index (χ1n) is 9.13. The lowest BCUT2D eigenvalue weighted by atomic mass is 10.1. The summed E-state index contributed by atoms with van der Waals surface area (Å²) in [4.78, 5) is 36.6. The molecule has 2 aromatic rings. The minimum Gasteiger partial charge on any atom is -0.393 e. The van der Waals surface area contributed by atoms with Crippen molar-refractivity contribution in [3.8, 4) is 0 Å². The molecule has 1 aliphatic heterocycles. The van der Waals surface area contributed by atoms with E-state index in [1.54, 1.807) is 29.2 Å². The van der Waals surface area contributed by atoms with Gasteiger partial charge >= 0.3 is 0 Å². The number of anilines is 1. The van der Waals surface area contributed by atoms with Gasteiger partial charge in [0, 0.05) is 30.9 Å². The molecule has 0 radical (unpaired) electrons. The van der Waals surface area contributed by atoms with Crippen LogP contribution in [0.2, 0.25) is 5.02 Å². The van der Waals surface area contributed by atoms with E-state index in [0.29, 0.717) is 31.6 Å². The van der Waals surface area contributed by atoms with E-state index < -0.39 is 10.8 Å². The third-order valence-electron chi connectivity index (χ3n) is 4.79. The van der Waals surface area contributed by atoms with Gasteiger partial charge in [-0.1, -0.05) is 23.7 Å². The molecule has 1 heterocycles. The van der Waals surface area contributed by atoms with Gasteiger partial charge < -0.3 is 15.3 Å². The maximum Gasteiger partial charge on any atom is 0.270 e. The van der Waals surface area contributed by atoms with E-state index in [2.05, 4.69) is 5.32 Å². The first-order chi connectivity index (χ1) is 13.8. The van der Waals surface area contributed by atoms with Gasteiger partial charge in [-0.05, 0) is 36.6 Å². The number of hydrogen-bond donors (Lipinski definition) is 2. The van der Waals surface area contributed by atoms with Crippen LogP contribution < -0.4 is 5.32 Å². The van der Waals surface area contributed by atoms with Crippen molar-refractivity contribution in [3.05, 3.63) is 68.7 Å². The standard InChI is InChI=1S/C20H20ClN3O5/c21-18-12-15(24(28)29)5-6-17(18)20(27)22-14-3-1-13(2-4-14)11-19(26)23-9-7-16(25)8-10-23/h1-6,12,16,25H,7-11H2,(H,22,27). The lowest BCUT2D eigenvalue weighted by Crippen LogP contribution is -2.40. The van der Waals surface area contributed by atoms with Gasteiger partial charge in [-0.2, -0.15) is 0 Å². The largest absolute Gasteiger partial charge is 0.393 e. The van der Waals surface area contributed by atoms with Gasteiger partial charge in [-0.15, -0.1) is 0 Å². The normalized spacial score (nSPS) is 14.5. The molecule has 0 unspecified atom stereocenters. The van der Waals surface area contributed by atoms with Crippen LogP contribution in [0.5, 0.6) is 0 Å². The summed E-state index contributed by atoms with van der Waals surface area (Å²) in [5, 5.41) is 23.0. The van der Waals surface area contributed by atoms with Gasteiger partial charge in [0.2, 0.25) is 5.91 Å². The fraction of sp³-hybridized carbons (Fsp3) is 0.300. The van der Waals surface area contributed by atoms with Gasteiger partial charge in [0.05, 0.1) is 28.0 Å². The molecule has 3 rings (SSSR count). The summed E-state index contributed by atoms with van der Waals surface area (Å²) >= 11 is 5.98. The Hall–Kier alpha value is -2.97. The van der Waals surface area contributed by atoms with Crippen molar-refractivity contribution in [3.63, 3.8) is 0 Å². The van der Waals surface area contributed by atoms with Crippen LogP contribution in [0.25, 0.3) is 0 Å². The number of piperidine rings is 1. The molecule has 29 heavy (non-hydrogen) atoms. The fourth-order valence-corrected chi connectivity index (χ4v) is 3.37. The number of amides is 2. The third kappa shape index (κ3) is 5.30. The van der Waals surface area contributed by atoms with Gasteiger partial charge in [0.15, 0.2) is 0 Å². The number of aliphatic hydroxyl groups is 1. The van der Waals surface area contributed by atoms with Crippen LogP contribution in [0.1, 0.15) is 28.8 Å². The number of non-ortho nitro benzene ring substituents is 1. The van der Waals surface area contributed by atoms with Crippen LogP contribution in [0.4, 0.5) is 11.4 Å². The molecule has 0 aliphatic carbocycles. The lowest BCUT2D eigenvalue weighted by molar-refractivity contribution is -0.384. The summed E-state index contributed by atoms with van der Waals surface area (Å²) < 4.78 is 0. The maximum atomic E-state index is 12.4. The number of nitrogens with zero attached hydrogens (tertiary/aromatic N) is 2. The van der Waals surface area contributed by atoms with Crippen molar-refractivity contribution in [1.29, 1.82) is 0 Å². The molecule has 0 aromatic heterocycles. The zero-order valence-corrected chi connectivity index (χ0v) is 16.3. The monoisotopic (exact) mass is 417 g/mol. The van der Waals surface area contributed by atoms with Crippen LogP contribution >= 0.6 is 11.6 Å². The third-order valence-corrected chi connectivity index (χ3v) is 5.11. The van der Waals surface area contributed by atoms with E-state index >= 15 is 0 Å². The number of nitro groups is 1. The number of likely N-dealkylation sites (tertiary alicyclic amines) is 1. The molecule has 2 amide bonds. The molecule has 0 atom stereocenters. The molecular formula is C20H20ClN3O5. The van der Waals surface area contributed by atoms with E-state index in [1.165, 1.54) is 12.1 Å². The summed E-state index contributed by atoms with van der Waals surface area (Å²) in [6.07, 6.45) is 1.12. The second kappa shape index (κ2) is 9.02. The Balaban J connectivity index is 1.59. The number of nitro benzene ring substituents is 1. The first kappa shape index (κ1) is 20.8. The number of aliphatic hydroxyl groups excluding tert-OH is 1. The van der Waals surface area contributed by atoms with Crippen molar-refractivity contribution in [2.45, 2.75) is 25.4 Å². The van der Waals surface area contributed by atoms with E-state index in [4.69, 9.17) is 11.6 Å². The molecule has 9 heteroatoms. The van der Waals surface area contributed by atoms with Crippen LogP contribution in [-0.4, -0.2) is 45.9 Å². The Labute approximate surface area is 172 Å². The van der Waals surface area contributed by atoms with Crippen molar-refractivity contribution < 1.29 is 19.6 Å². The summed E-state index contributed by atoms with van der Waals surface area (Å²) in [6.45, 7) is 1.12. The van der Waals surface area contributed by atoms with Crippen LogP contribution in [-0.2, 0) is 11.2 Å². The predicted molar refractivity (Wildman–Crippen MR) is 108 cm³/mol. The number of carbonyl (C=O) groups is 2. The highest BCUT2D eigenvalue weighted by Gasteiger charge is 2.21. The molecule has 152 valence electrons. The van der Waals surface area contributed by atoms with E-state index in [-0.39, 0.29) is 34.7 Å². The van der Waals surface area contributed by atoms with Crippen molar-refractivity contribution in [1.82, 2.24) is 4.90 Å². The molecule has 1 saturated heterocycles. The van der Waals surface area contributed by atoms with E-state index in [9.17, 15) is 24.8 Å². The Bertz CT molecular complexity index is 924. The van der Waals surface area contributed by atoms with Crippen molar-refractivity contribution in [2.75, 3.05) is 18.4 Å². The Morgan fingerprint density at radius 2 is 1.83 bits per heavy atom. The van der Waals surface area contributed by atoms with Crippen LogP contribution in [0.15, 0.2) is 42.5 Å². The lowest BCUT2D eigenvalue weighted by Gasteiger charge is -2.29. The highest BCUT2D eigenvalue weighted by Crippen LogP contribution is 2.23. The fourth-order valence-electron chi connectivity index (χ4n) is 3.11. The smallest absolute Gasteiger partial charge is 0.270 e. The second-order valence-corrected chi connectivity index (χ2v) is 7.27. The van der Waals surface area contributed by atoms with E-state index in [1.807, 2.05) is 0 Å². The molecule has 1 fully saturated rings. The molecule has 2 N–H and O–H groups in total. The van der Waals surface area contributed by atoms with Gasteiger partial charge in [0.25, 0.3) is 11.6 Å². The molecule has 2 aromatic carbocycles. The SMILES string of the molecule is O=C(Nc1ccc(CC(=O)N2CCC(O)CC2)cc1)c1ccc([N+](=O)[O-])cc1Cl. The molecule has 1 aliphatic rings. The van der Waals surface area contributed by atoms with Gasteiger partial charge in [-0.3, -0.25) is 19.7 Å². The number of nitrogens with one attached hydrogen (secondary N) is 1. The molecule has 0 spiro atoms. The Morgan fingerprint density at radius 1 is 1.17 bits per heavy atom. The summed E-state index contributed by atoms with van der Waals surface area (Å²) in [5.41, 5.74) is 1.27. The number of rotatable bonds is 5. The topological polar surface area (TPSA) is 113 Å². The highest BCUT2D eigenvalue weighted by atomic mass is 35.5. The minimum absolute atomic E-state index is 0.00588. The zero-order chi connectivity index (χ0) is 21.0. The minimum atomic E-state index is -0.584. The summed E-state index contributed by atoms with van der Waals surface area (Å²) in [5.74, 6) is -0.480. The van der Waals surface area contributed by atoms with Gasteiger partial charge in [-0.25, -0.2) is 0 Å². The average molecular weight is 418 g/mol. The quantitative estimate of drug-likeness (QED) is 0.573. The first-order valence-corrected chi connectivity index (χ1v) is 9.51. The summed E-state index contributed by atoms with van der Waals surface area (Å²) in [7, 11) is 0. The average Bonchev–Trinajstić information content (AvgIpc) is 2.69. The van der Waals surface area contributed by atoms with Crippen molar-refractivity contribution in [2.24, 2.45) is 0 Å². The Kier molecular flexibility index (Phi) is 6.46. The number of benzene rings is 2. The maximum absolute atomic E-state index is 12.4. The number of hydrogen-bond acceptors (Lipinski definition) is 5. The van der Waals surface area contributed by atoms with Gasteiger partial charge in [0.1, 0.15) is 0 Å². The highest BCUT2D eigenvalue weighted by molar-refractivity contribution is 6.34. The van der Waals surface area contributed by atoms with Crippen LogP contribution in [0.3, 0.4) is 0 Å². The summed E-state index contributed by atoms with van der Waals surface area (Å²) in [6, 6.07) is 10.5. The van der Waals surface area contributed by atoms with Crippen molar-refractivity contribution >= 4 is 34.8 Å². The number of halogens is 1. The predicted octanol–water partition coefficient (Wildman–Crippen LogP) is 3.03. The molecule has 0 bridgehead atoms. The Morgan fingerprint density at radius 3 is 2.41 bits per heavy atom. The second-order valence-electron chi connectivity index (χ2n) is 6.86. The molecule has 8 nitrogen and oxygen atoms in total. The van der Waals surface area contributed by atoms with E-state index in [0.717, 1.165) is 11.6 Å². The number of carbonyl (C=O) groups excluding carboxylic acids is 2. The molecular weight excluding hydrogens is 398 g/mol. The zero-order valence-electron chi connectivity index (χ0n) is 15.5. The molecule has 0 saturated carbocycles.